The standard InChI is InChI=1S/C12H7F7O2/c13-6-3-1-2-5-4-7(21-9(5)6)8(20)10(11(14,15)16)12(17,18)19/h1-4,8,10,20H. The second-order valence-electron chi connectivity index (χ2n) is 4.31. The predicted molar refractivity (Wildman–Crippen MR) is 56.7 cm³/mol. The molecule has 0 spiro atoms. The molecule has 0 aliphatic carbocycles. The van der Waals surface area contributed by atoms with Crippen LogP contribution in [0.5, 0.6) is 0 Å². The minimum absolute atomic E-state index is 0.0489. The van der Waals surface area contributed by atoms with Crippen molar-refractivity contribution in [2.75, 3.05) is 0 Å². The highest BCUT2D eigenvalue weighted by molar-refractivity contribution is 5.78. The highest BCUT2D eigenvalue weighted by atomic mass is 19.4. The Morgan fingerprint density at radius 3 is 2.05 bits per heavy atom. The molecule has 9 heteroatoms. The smallest absolute Gasteiger partial charge is 0.403 e. The molecule has 2 rings (SSSR count). The lowest BCUT2D eigenvalue weighted by atomic mass is 9.99. The fourth-order valence-electron chi connectivity index (χ4n) is 1.90. The fraction of sp³-hybridized carbons (Fsp3) is 0.333. The monoisotopic (exact) mass is 316 g/mol. The largest absolute Gasteiger partial charge is 0.455 e. The number of rotatable bonds is 2. The van der Waals surface area contributed by atoms with Crippen LogP contribution in [-0.2, 0) is 0 Å². The molecule has 0 aliphatic rings. The van der Waals surface area contributed by atoms with Crippen molar-refractivity contribution in [2.24, 2.45) is 5.92 Å². The summed E-state index contributed by atoms with van der Waals surface area (Å²) in [5.41, 5.74) is -0.519. The first-order valence-electron chi connectivity index (χ1n) is 5.51. The summed E-state index contributed by atoms with van der Waals surface area (Å²) >= 11 is 0. The van der Waals surface area contributed by atoms with Crippen LogP contribution in [0.25, 0.3) is 11.0 Å². The van der Waals surface area contributed by atoms with Crippen LogP contribution in [0.4, 0.5) is 30.7 Å². The summed E-state index contributed by atoms with van der Waals surface area (Å²) in [4.78, 5) is 0. The number of furan rings is 1. The first-order chi connectivity index (χ1) is 9.51. The molecule has 1 aromatic heterocycles. The molecule has 0 saturated heterocycles. The van der Waals surface area contributed by atoms with Gasteiger partial charge in [-0.2, -0.15) is 26.3 Å². The van der Waals surface area contributed by atoms with Crippen LogP contribution in [0, 0.1) is 11.7 Å². The average Bonchev–Trinajstić information content (AvgIpc) is 2.70. The van der Waals surface area contributed by atoms with Gasteiger partial charge in [-0.05, 0) is 12.1 Å². The van der Waals surface area contributed by atoms with E-state index >= 15 is 0 Å². The van der Waals surface area contributed by atoms with Crippen molar-refractivity contribution in [3.05, 3.63) is 35.8 Å². The third kappa shape index (κ3) is 2.97. The van der Waals surface area contributed by atoms with Crippen LogP contribution >= 0.6 is 0 Å². The lowest BCUT2D eigenvalue weighted by molar-refractivity contribution is -0.309. The van der Waals surface area contributed by atoms with E-state index in [1.165, 1.54) is 12.1 Å². The third-order valence-corrected chi connectivity index (χ3v) is 2.83. The van der Waals surface area contributed by atoms with Gasteiger partial charge in [0.1, 0.15) is 11.9 Å². The zero-order valence-corrected chi connectivity index (χ0v) is 9.97. The van der Waals surface area contributed by atoms with E-state index in [0.29, 0.717) is 0 Å². The van der Waals surface area contributed by atoms with E-state index < -0.39 is 41.5 Å². The number of halogens is 7. The second kappa shape index (κ2) is 4.90. The van der Waals surface area contributed by atoms with Crippen molar-refractivity contribution in [1.29, 1.82) is 0 Å². The Labute approximate surface area is 112 Å². The Hall–Kier alpha value is -1.77. The number of alkyl halides is 6. The lowest BCUT2D eigenvalue weighted by Gasteiger charge is -2.26. The summed E-state index contributed by atoms with van der Waals surface area (Å²) in [6.45, 7) is 0. The quantitative estimate of drug-likeness (QED) is 0.836. The minimum Gasteiger partial charge on any atom is -0.455 e. The Bertz CT molecular complexity index is 627. The molecule has 116 valence electrons. The van der Waals surface area contributed by atoms with Crippen LogP contribution in [0.3, 0.4) is 0 Å². The van der Waals surface area contributed by atoms with Gasteiger partial charge < -0.3 is 9.52 Å². The molecule has 2 aromatic rings. The Kier molecular flexibility index (Phi) is 3.64. The van der Waals surface area contributed by atoms with Gasteiger partial charge in [0.15, 0.2) is 17.3 Å². The van der Waals surface area contributed by atoms with Crippen LogP contribution in [0.15, 0.2) is 28.7 Å². The van der Waals surface area contributed by atoms with Crippen molar-refractivity contribution in [3.8, 4) is 0 Å². The van der Waals surface area contributed by atoms with E-state index in [1.807, 2.05) is 0 Å². The van der Waals surface area contributed by atoms with E-state index in [2.05, 4.69) is 4.42 Å². The van der Waals surface area contributed by atoms with E-state index in [-0.39, 0.29) is 5.39 Å². The molecule has 0 aliphatic heterocycles. The lowest BCUT2D eigenvalue weighted by Crippen LogP contribution is -2.40. The molecular weight excluding hydrogens is 309 g/mol. The fourth-order valence-corrected chi connectivity index (χ4v) is 1.90. The van der Waals surface area contributed by atoms with Crippen LogP contribution in [-0.4, -0.2) is 17.5 Å². The average molecular weight is 316 g/mol. The van der Waals surface area contributed by atoms with Crippen LogP contribution in [0.1, 0.15) is 11.9 Å². The summed E-state index contributed by atoms with van der Waals surface area (Å²) in [5, 5.41) is 9.34. The molecule has 2 nitrogen and oxygen atoms in total. The van der Waals surface area contributed by atoms with Gasteiger partial charge in [-0.1, -0.05) is 12.1 Å². The van der Waals surface area contributed by atoms with Gasteiger partial charge in [0.05, 0.1) is 0 Å². The molecule has 0 fully saturated rings. The SMILES string of the molecule is OC(c1cc2cccc(F)c2o1)C(C(F)(F)F)C(F)(F)F. The number of aliphatic hydroxyl groups excluding tert-OH is 1. The normalized spacial score (nSPS) is 14.9. The first-order valence-corrected chi connectivity index (χ1v) is 5.51. The molecule has 0 bridgehead atoms. The second-order valence-corrected chi connectivity index (χ2v) is 4.31. The Morgan fingerprint density at radius 1 is 1.00 bits per heavy atom. The van der Waals surface area contributed by atoms with Crippen LogP contribution < -0.4 is 0 Å². The number of hydrogen-bond donors (Lipinski definition) is 1. The summed E-state index contributed by atoms with van der Waals surface area (Å²) in [7, 11) is 0. The van der Waals surface area contributed by atoms with Gasteiger partial charge in [0, 0.05) is 5.39 Å². The van der Waals surface area contributed by atoms with Crippen molar-refractivity contribution in [3.63, 3.8) is 0 Å². The number of hydrogen-bond acceptors (Lipinski definition) is 2. The summed E-state index contributed by atoms with van der Waals surface area (Å²) < 4.78 is 92.9. The van der Waals surface area contributed by atoms with Gasteiger partial charge in [-0.3, -0.25) is 0 Å². The molecule has 1 unspecified atom stereocenters. The van der Waals surface area contributed by atoms with Crippen molar-refractivity contribution in [1.82, 2.24) is 0 Å². The molecule has 0 radical (unpaired) electrons. The Morgan fingerprint density at radius 2 is 1.57 bits per heavy atom. The van der Waals surface area contributed by atoms with Gasteiger partial charge >= 0.3 is 12.4 Å². The maximum Gasteiger partial charge on any atom is 0.403 e. The molecule has 0 amide bonds. The molecule has 21 heavy (non-hydrogen) atoms. The minimum atomic E-state index is -5.73. The molecule has 1 aromatic carbocycles. The zero-order valence-electron chi connectivity index (χ0n) is 9.97. The highest BCUT2D eigenvalue weighted by Gasteiger charge is 2.61. The predicted octanol–water partition coefficient (Wildman–Crippen LogP) is 4.35. The molecule has 1 heterocycles. The highest BCUT2D eigenvalue weighted by Crippen LogP contribution is 2.47. The maximum atomic E-state index is 13.3. The Balaban J connectivity index is 2.49. The summed E-state index contributed by atoms with van der Waals surface area (Å²) in [6.07, 6.45) is -14.5. The molecule has 1 N–H and O–H groups in total. The maximum absolute atomic E-state index is 13.3. The van der Waals surface area contributed by atoms with Gasteiger partial charge in [0.25, 0.3) is 0 Å². The molecular formula is C12H7F7O2. The van der Waals surface area contributed by atoms with Crippen LogP contribution in [0.2, 0.25) is 0 Å². The third-order valence-electron chi connectivity index (χ3n) is 2.83. The number of benzene rings is 1. The van der Waals surface area contributed by atoms with Crippen molar-refractivity contribution >= 4 is 11.0 Å². The zero-order chi connectivity index (χ0) is 16.0. The van der Waals surface area contributed by atoms with E-state index in [9.17, 15) is 35.8 Å². The first kappa shape index (κ1) is 15.6. The van der Waals surface area contributed by atoms with E-state index in [0.717, 1.165) is 12.1 Å². The number of fused-ring (bicyclic) bond motifs is 1. The summed E-state index contributed by atoms with van der Waals surface area (Å²) in [6, 6.07) is 4.10. The van der Waals surface area contributed by atoms with Gasteiger partial charge in [0.2, 0.25) is 0 Å². The molecule has 1 atom stereocenters. The van der Waals surface area contributed by atoms with E-state index in [1.54, 1.807) is 0 Å². The number of aliphatic hydroxyl groups is 1. The van der Waals surface area contributed by atoms with E-state index in [4.69, 9.17) is 0 Å². The van der Waals surface area contributed by atoms with Crippen molar-refractivity contribution < 1.29 is 40.3 Å². The number of para-hydroxylation sites is 1. The summed E-state index contributed by atoms with van der Waals surface area (Å²) in [5.74, 6) is -5.98. The van der Waals surface area contributed by atoms with Crippen molar-refractivity contribution in [2.45, 2.75) is 18.5 Å². The topological polar surface area (TPSA) is 33.4 Å². The van der Waals surface area contributed by atoms with Gasteiger partial charge in [-0.15, -0.1) is 0 Å². The van der Waals surface area contributed by atoms with Gasteiger partial charge in [-0.25, -0.2) is 4.39 Å². The molecule has 0 saturated carbocycles.